The van der Waals surface area contributed by atoms with E-state index in [9.17, 15) is 8.78 Å². The Labute approximate surface area is 108 Å². The third kappa shape index (κ3) is 1.97. The summed E-state index contributed by atoms with van der Waals surface area (Å²) in [5.74, 6) is -0.718. The van der Waals surface area contributed by atoms with E-state index in [-0.39, 0.29) is 5.56 Å². The molecule has 0 bridgehead atoms. The molecule has 0 aliphatic rings. The number of aromatic nitrogens is 3. The van der Waals surface area contributed by atoms with E-state index in [1.807, 2.05) is 19.9 Å². The summed E-state index contributed by atoms with van der Waals surface area (Å²) in [6, 6.07) is 5.37. The van der Waals surface area contributed by atoms with Gasteiger partial charge in [-0.3, -0.25) is 4.40 Å². The predicted molar refractivity (Wildman–Crippen MR) is 67.8 cm³/mol. The van der Waals surface area contributed by atoms with Crippen molar-refractivity contribution in [2.75, 3.05) is 0 Å². The number of hydrogen-bond donors (Lipinski definition) is 0. The molecule has 0 unspecified atom stereocenters. The highest BCUT2D eigenvalue weighted by Gasteiger charge is 2.12. The maximum atomic E-state index is 13.7. The minimum absolute atomic E-state index is 0.268. The van der Waals surface area contributed by atoms with Crippen LogP contribution in [0.1, 0.15) is 11.4 Å². The molecule has 1 aromatic carbocycles. The van der Waals surface area contributed by atoms with Gasteiger partial charge >= 0.3 is 0 Å². The standard InChI is InChI=1S/C14H11F2N3/c1-8-5-9(2)19-7-13(18-14(19)17-8)11-4-3-10(15)6-12(11)16/h3-7H,1-2H3. The minimum atomic E-state index is -0.627. The highest BCUT2D eigenvalue weighted by molar-refractivity contribution is 5.62. The van der Waals surface area contributed by atoms with Crippen LogP contribution in [-0.2, 0) is 0 Å². The van der Waals surface area contributed by atoms with Gasteiger partial charge in [-0.15, -0.1) is 0 Å². The first-order chi connectivity index (χ1) is 9.04. The second-order valence-corrected chi connectivity index (χ2v) is 4.46. The van der Waals surface area contributed by atoms with Crippen LogP contribution in [-0.4, -0.2) is 14.4 Å². The molecule has 5 heteroatoms. The van der Waals surface area contributed by atoms with Crippen LogP contribution in [0.2, 0.25) is 0 Å². The summed E-state index contributed by atoms with van der Waals surface area (Å²) < 4.78 is 28.4. The molecule has 0 atom stereocenters. The largest absolute Gasteiger partial charge is 0.288 e. The average Bonchev–Trinajstić information content (AvgIpc) is 2.72. The Morgan fingerprint density at radius 2 is 1.84 bits per heavy atom. The summed E-state index contributed by atoms with van der Waals surface area (Å²) in [6.07, 6.45) is 1.70. The fourth-order valence-corrected chi connectivity index (χ4v) is 2.10. The van der Waals surface area contributed by atoms with E-state index >= 15 is 0 Å². The maximum absolute atomic E-state index is 13.7. The molecule has 3 nitrogen and oxygen atoms in total. The molecular weight excluding hydrogens is 248 g/mol. The Morgan fingerprint density at radius 1 is 1.05 bits per heavy atom. The molecule has 3 aromatic rings. The molecule has 96 valence electrons. The quantitative estimate of drug-likeness (QED) is 0.671. The van der Waals surface area contributed by atoms with Gasteiger partial charge in [-0.05, 0) is 32.0 Å². The number of benzene rings is 1. The first-order valence-corrected chi connectivity index (χ1v) is 5.83. The van der Waals surface area contributed by atoms with Crippen LogP contribution in [0.5, 0.6) is 0 Å². The third-order valence-corrected chi connectivity index (χ3v) is 2.97. The van der Waals surface area contributed by atoms with Gasteiger partial charge in [0.05, 0.1) is 5.69 Å². The van der Waals surface area contributed by atoms with E-state index in [0.29, 0.717) is 11.5 Å². The van der Waals surface area contributed by atoms with E-state index < -0.39 is 11.6 Å². The summed E-state index contributed by atoms with van der Waals surface area (Å²) >= 11 is 0. The second kappa shape index (κ2) is 4.12. The molecule has 0 saturated carbocycles. The molecule has 0 aliphatic carbocycles. The zero-order valence-electron chi connectivity index (χ0n) is 10.5. The van der Waals surface area contributed by atoms with Gasteiger partial charge in [0.15, 0.2) is 0 Å². The molecule has 0 fully saturated rings. The monoisotopic (exact) mass is 259 g/mol. The van der Waals surface area contributed by atoms with Gasteiger partial charge in [-0.1, -0.05) is 0 Å². The summed E-state index contributed by atoms with van der Waals surface area (Å²) in [5.41, 5.74) is 2.52. The normalized spacial score (nSPS) is 11.2. The van der Waals surface area contributed by atoms with Crippen LogP contribution in [0, 0.1) is 25.5 Å². The summed E-state index contributed by atoms with van der Waals surface area (Å²) in [6.45, 7) is 3.80. The smallest absolute Gasteiger partial charge is 0.234 e. The zero-order chi connectivity index (χ0) is 13.6. The fraction of sp³-hybridized carbons (Fsp3) is 0.143. The molecule has 2 aromatic heterocycles. The van der Waals surface area contributed by atoms with Crippen molar-refractivity contribution in [1.82, 2.24) is 14.4 Å². The number of imidazole rings is 1. The molecule has 0 radical (unpaired) electrons. The van der Waals surface area contributed by atoms with Crippen molar-refractivity contribution < 1.29 is 8.78 Å². The Hall–Kier alpha value is -2.30. The molecule has 0 N–H and O–H groups in total. The van der Waals surface area contributed by atoms with E-state index in [1.165, 1.54) is 12.1 Å². The minimum Gasteiger partial charge on any atom is -0.288 e. The molecule has 19 heavy (non-hydrogen) atoms. The Balaban J connectivity index is 2.23. The van der Waals surface area contributed by atoms with Gasteiger partial charge in [0.2, 0.25) is 5.78 Å². The molecule has 2 heterocycles. The van der Waals surface area contributed by atoms with Gasteiger partial charge in [0, 0.05) is 29.2 Å². The number of halogens is 2. The Bertz CT molecular complexity index is 778. The van der Waals surface area contributed by atoms with E-state index in [0.717, 1.165) is 17.5 Å². The van der Waals surface area contributed by atoms with E-state index in [1.54, 1.807) is 10.6 Å². The van der Waals surface area contributed by atoms with Crippen molar-refractivity contribution >= 4 is 5.78 Å². The van der Waals surface area contributed by atoms with Crippen molar-refractivity contribution in [3.8, 4) is 11.3 Å². The average molecular weight is 259 g/mol. The van der Waals surface area contributed by atoms with Crippen molar-refractivity contribution in [1.29, 1.82) is 0 Å². The lowest BCUT2D eigenvalue weighted by Gasteiger charge is -1.99. The first kappa shape index (κ1) is 11.8. The molecule has 0 spiro atoms. The highest BCUT2D eigenvalue weighted by Crippen LogP contribution is 2.23. The van der Waals surface area contributed by atoms with Crippen LogP contribution in [0.3, 0.4) is 0 Å². The van der Waals surface area contributed by atoms with Gasteiger partial charge in [-0.2, -0.15) is 0 Å². The van der Waals surface area contributed by atoms with Crippen molar-refractivity contribution in [3.63, 3.8) is 0 Å². The highest BCUT2D eigenvalue weighted by atomic mass is 19.1. The number of nitrogens with zero attached hydrogens (tertiary/aromatic N) is 3. The van der Waals surface area contributed by atoms with Crippen LogP contribution < -0.4 is 0 Å². The molecule has 0 saturated heterocycles. The third-order valence-electron chi connectivity index (χ3n) is 2.97. The summed E-state index contributed by atoms with van der Waals surface area (Å²) in [7, 11) is 0. The van der Waals surface area contributed by atoms with Crippen LogP contribution in [0.4, 0.5) is 8.78 Å². The lowest BCUT2D eigenvalue weighted by Crippen LogP contribution is -1.94. The first-order valence-electron chi connectivity index (χ1n) is 5.83. The number of rotatable bonds is 1. The van der Waals surface area contributed by atoms with Crippen LogP contribution in [0.25, 0.3) is 17.0 Å². The molecule has 0 aliphatic heterocycles. The van der Waals surface area contributed by atoms with Crippen LogP contribution in [0.15, 0.2) is 30.5 Å². The van der Waals surface area contributed by atoms with E-state index in [4.69, 9.17) is 0 Å². The number of aryl methyl sites for hydroxylation is 2. The molecule has 3 rings (SSSR count). The van der Waals surface area contributed by atoms with E-state index in [2.05, 4.69) is 9.97 Å². The van der Waals surface area contributed by atoms with Gasteiger partial charge in [-0.25, -0.2) is 18.7 Å². The Kier molecular flexibility index (Phi) is 2.55. The van der Waals surface area contributed by atoms with Gasteiger partial charge in [0.25, 0.3) is 0 Å². The van der Waals surface area contributed by atoms with Crippen molar-refractivity contribution in [2.45, 2.75) is 13.8 Å². The zero-order valence-corrected chi connectivity index (χ0v) is 10.5. The molecular formula is C14H11F2N3. The maximum Gasteiger partial charge on any atom is 0.234 e. The lowest BCUT2D eigenvalue weighted by atomic mass is 10.1. The lowest BCUT2D eigenvalue weighted by molar-refractivity contribution is 0.585. The molecule has 0 amide bonds. The van der Waals surface area contributed by atoms with Crippen molar-refractivity contribution in [3.05, 3.63) is 53.5 Å². The van der Waals surface area contributed by atoms with Gasteiger partial charge < -0.3 is 0 Å². The Morgan fingerprint density at radius 3 is 2.58 bits per heavy atom. The van der Waals surface area contributed by atoms with Crippen LogP contribution >= 0.6 is 0 Å². The topological polar surface area (TPSA) is 30.2 Å². The summed E-state index contributed by atoms with van der Waals surface area (Å²) in [4.78, 5) is 8.57. The number of hydrogen-bond acceptors (Lipinski definition) is 2. The van der Waals surface area contributed by atoms with Gasteiger partial charge in [0.1, 0.15) is 11.6 Å². The summed E-state index contributed by atoms with van der Waals surface area (Å²) in [5, 5.41) is 0. The van der Waals surface area contributed by atoms with Crippen molar-refractivity contribution in [2.24, 2.45) is 0 Å². The predicted octanol–water partition coefficient (Wildman–Crippen LogP) is 3.29. The SMILES string of the molecule is Cc1cc(C)n2cc(-c3ccc(F)cc3F)nc2n1. The number of fused-ring (bicyclic) bond motifs is 1. The second-order valence-electron chi connectivity index (χ2n) is 4.46. The fourth-order valence-electron chi connectivity index (χ4n) is 2.10.